The summed E-state index contributed by atoms with van der Waals surface area (Å²) in [5.41, 5.74) is 8.69. The third-order valence-electron chi connectivity index (χ3n) is 4.72. The average Bonchev–Trinajstić information content (AvgIpc) is 2.42. The van der Waals surface area contributed by atoms with E-state index >= 15 is 0 Å². The van der Waals surface area contributed by atoms with Crippen molar-refractivity contribution >= 4 is 34.3 Å². The van der Waals surface area contributed by atoms with Crippen LogP contribution in [0.25, 0.3) is 10.8 Å². The first-order valence-electron chi connectivity index (χ1n) is 6.97. The molecule has 0 amide bonds. The predicted octanol–water partition coefficient (Wildman–Crippen LogP) is 6.13. The number of hydrogen-bond donors (Lipinski definition) is 0. The van der Waals surface area contributed by atoms with Gasteiger partial charge in [-0.3, -0.25) is 0 Å². The van der Waals surface area contributed by atoms with Gasteiger partial charge >= 0.3 is 0 Å². The molecule has 0 N–H and O–H groups in total. The van der Waals surface area contributed by atoms with Crippen molar-refractivity contribution in [3.05, 3.63) is 33.4 Å². The van der Waals surface area contributed by atoms with Crippen LogP contribution in [0.1, 0.15) is 33.4 Å². The van der Waals surface area contributed by atoms with Crippen molar-refractivity contribution < 1.29 is 0 Å². The van der Waals surface area contributed by atoms with Crippen molar-refractivity contribution in [1.82, 2.24) is 0 Å². The summed E-state index contributed by atoms with van der Waals surface area (Å²) in [6.45, 7) is 13.6. The van der Waals surface area contributed by atoms with Crippen molar-refractivity contribution in [2.75, 3.05) is 12.5 Å². The molecule has 2 rings (SSSR count). The first kappa shape index (κ1) is 15.8. The Morgan fingerprint density at radius 2 is 0.900 bits per heavy atom. The highest BCUT2D eigenvalue weighted by Crippen LogP contribution is 2.42. The lowest BCUT2D eigenvalue weighted by atomic mass is 9.89. The molecule has 108 valence electrons. The molecule has 0 aliphatic carbocycles. The minimum absolute atomic E-state index is 1.44. The summed E-state index contributed by atoms with van der Waals surface area (Å²) in [5.74, 6) is 0. The van der Waals surface area contributed by atoms with Gasteiger partial charge in [0.05, 0.1) is 0 Å². The molecule has 0 atom stereocenters. The molecule has 0 spiro atoms. The van der Waals surface area contributed by atoms with Crippen molar-refractivity contribution in [3.63, 3.8) is 0 Å². The summed E-state index contributed by atoms with van der Waals surface area (Å²) in [7, 11) is 0. The molecule has 0 aliphatic rings. The maximum atomic E-state index is 2.28. The van der Waals surface area contributed by atoms with Gasteiger partial charge in [0.2, 0.25) is 0 Å². The van der Waals surface area contributed by atoms with E-state index in [4.69, 9.17) is 0 Å². The lowest BCUT2D eigenvalue weighted by molar-refractivity contribution is 1.16. The van der Waals surface area contributed by atoms with Gasteiger partial charge in [-0.25, -0.2) is 0 Å². The molecule has 20 heavy (non-hydrogen) atoms. The van der Waals surface area contributed by atoms with Gasteiger partial charge in [-0.05, 0) is 98.2 Å². The van der Waals surface area contributed by atoms with Crippen LogP contribution >= 0.6 is 23.5 Å². The van der Waals surface area contributed by atoms with E-state index in [0.717, 1.165) is 0 Å². The first-order valence-corrected chi connectivity index (χ1v) is 9.42. The highest BCUT2D eigenvalue weighted by atomic mass is 32.2. The third-order valence-corrected chi connectivity index (χ3v) is 6.66. The normalized spacial score (nSPS) is 11.4. The molecule has 0 saturated heterocycles. The van der Waals surface area contributed by atoms with Crippen LogP contribution in [0.5, 0.6) is 0 Å². The Kier molecular flexibility index (Phi) is 4.46. The van der Waals surface area contributed by atoms with Gasteiger partial charge in [-0.15, -0.1) is 23.5 Å². The van der Waals surface area contributed by atoms with E-state index in [0.29, 0.717) is 0 Å². The molecule has 0 aliphatic heterocycles. The van der Waals surface area contributed by atoms with E-state index in [1.807, 2.05) is 23.5 Å². The second kappa shape index (κ2) is 5.65. The molecular weight excluding hydrogens is 280 g/mol. The zero-order valence-corrected chi connectivity index (χ0v) is 15.4. The summed E-state index contributed by atoms with van der Waals surface area (Å²) >= 11 is 3.76. The van der Waals surface area contributed by atoms with Crippen molar-refractivity contribution in [2.24, 2.45) is 0 Å². The summed E-state index contributed by atoms with van der Waals surface area (Å²) < 4.78 is 0. The van der Waals surface area contributed by atoms with Gasteiger partial charge in [0.15, 0.2) is 0 Å². The minimum atomic E-state index is 1.44. The summed E-state index contributed by atoms with van der Waals surface area (Å²) in [6.07, 6.45) is 4.38. The molecule has 0 fully saturated rings. The molecule has 0 unspecified atom stereocenters. The molecule has 0 radical (unpaired) electrons. The van der Waals surface area contributed by atoms with E-state index in [9.17, 15) is 0 Å². The minimum Gasteiger partial charge on any atom is -0.129 e. The standard InChI is InChI=1S/C18H24S2/c1-9-10(2)15-14(6)17(19-7)13(5)11(3)16(15)18(20-8)12(9)4/h1-8H3. The molecule has 0 nitrogen and oxygen atoms in total. The molecular formula is C18H24S2. The highest BCUT2D eigenvalue weighted by molar-refractivity contribution is 7.99. The van der Waals surface area contributed by atoms with Gasteiger partial charge in [0, 0.05) is 9.79 Å². The fraction of sp³-hybridized carbons (Fsp3) is 0.444. The number of rotatable bonds is 2. The van der Waals surface area contributed by atoms with Crippen LogP contribution in [0.3, 0.4) is 0 Å². The van der Waals surface area contributed by atoms with Gasteiger partial charge < -0.3 is 0 Å². The molecule has 2 aromatic carbocycles. The number of aryl methyl sites for hydroxylation is 3. The Morgan fingerprint density at radius 3 is 1.40 bits per heavy atom. The highest BCUT2D eigenvalue weighted by Gasteiger charge is 2.19. The van der Waals surface area contributed by atoms with E-state index in [1.165, 1.54) is 53.9 Å². The third kappa shape index (κ3) is 2.08. The maximum Gasteiger partial charge on any atom is 0.0183 e. The SMILES string of the molecule is CSc1c(C)c(C)c2c(SC)c(C)c(C)c(C)c2c1C. The fourth-order valence-corrected chi connectivity index (χ4v) is 5.05. The Hall–Kier alpha value is -0.600. The van der Waals surface area contributed by atoms with Gasteiger partial charge in [-0.2, -0.15) is 0 Å². The zero-order valence-electron chi connectivity index (χ0n) is 13.8. The Morgan fingerprint density at radius 1 is 0.450 bits per heavy atom. The second-order valence-electron chi connectivity index (χ2n) is 5.57. The Balaban J connectivity index is 3.18. The average molecular weight is 305 g/mol. The van der Waals surface area contributed by atoms with Gasteiger partial charge in [0.25, 0.3) is 0 Å². The van der Waals surface area contributed by atoms with E-state index in [1.54, 1.807) is 0 Å². The monoisotopic (exact) mass is 304 g/mol. The van der Waals surface area contributed by atoms with E-state index < -0.39 is 0 Å². The van der Waals surface area contributed by atoms with E-state index in [2.05, 4.69) is 54.1 Å². The second-order valence-corrected chi connectivity index (χ2v) is 7.20. The maximum absolute atomic E-state index is 2.28. The Bertz CT molecular complexity index is 697. The first-order chi connectivity index (χ1) is 9.36. The molecule has 0 bridgehead atoms. The van der Waals surface area contributed by atoms with Crippen LogP contribution < -0.4 is 0 Å². The van der Waals surface area contributed by atoms with E-state index in [-0.39, 0.29) is 0 Å². The molecule has 2 aromatic rings. The lowest BCUT2D eigenvalue weighted by Gasteiger charge is -2.22. The van der Waals surface area contributed by atoms with Gasteiger partial charge in [0.1, 0.15) is 0 Å². The molecule has 0 aromatic heterocycles. The van der Waals surface area contributed by atoms with Crippen molar-refractivity contribution in [3.8, 4) is 0 Å². The largest absolute Gasteiger partial charge is 0.129 e. The lowest BCUT2D eigenvalue weighted by Crippen LogP contribution is -2.00. The topological polar surface area (TPSA) is 0 Å². The predicted molar refractivity (Wildman–Crippen MR) is 95.9 cm³/mol. The van der Waals surface area contributed by atoms with Crippen LogP contribution in [0.15, 0.2) is 9.79 Å². The molecule has 0 saturated carbocycles. The number of thioether (sulfide) groups is 2. The summed E-state index contributed by atoms with van der Waals surface area (Å²) in [4.78, 5) is 2.91. The summed E-state index contributed by atoms with van der Waals surface area (Å²) in [6, 6.07) is 0. The van der Waals surface area contributed by atoms with Crippen LogP contribution in [0.2, 0.25) is 0 Å². The smallest absolute Gasteiger partial charge is 0.0183 e. The molecule has 2 heteroatoms. The van der Waals surface area contributed by atoms with Crippen LogP contribution in [0, 0.1) is 41.5 Å². The van der Waals surface area contributed by atoms with Gasteiger partial charge in [-0.1, -0.05) is 0 Å². The van der Waals surface area contributed by atoms with Crippen LogP contribution in [-0.4, -0.2) is 12.5 Å². The zero-order chi connectivity index (χ0) is 15.2. The van der Waals surface area contributed by atoms with Crippen LogP contribution in [-0.2, 0) is 0 Å². The quantitative estimate of drug-likeness (QED) is 0.612. The fourth-order valence-electron chi connectivity index (χ4n) is 3.27. The molecule has 0 heterocycles. The Labute approximate surface area is 131 Å². The summed E-state index contributed by atoms with van der Waals surface area (Å²) in [5, 5.41) is 2.95. The number of hydrogen-bond acceptors (Lipinski definition) is 2. The number of benzene rings is 2. The van der Waals surface area contributed by atoms with Crippen molar-refractivity contribution in [1.29, 1.82) is 0 Å². The number of fused-ring (bicyclic) bond motifs is 1. The van der Waals surface area contributed by atoms with Crippen molar-refractivity contribution in [2.45, 2.75) is 51.3 Å². The van der Waals surface area contributed by atoms with Crippen LogP contribution in [0.4, 0.5) is 0 Å².